The lowest BCUT2D eigenvalue weighted by atomic mass is 10.1. The van der Waals surface area contributed by atoms with Crippen LogP contribution in [-0.4, -0.2) is 32.6 Å². The number of benzene rings is 2. The molecule has 0 amide bonds. The number of methoxy groups -OCH3 is 2. The number of carbonyl (C=O) groups excluding carboxylic acids is 2. The number of halogens is 2. The highest BCUT2D eigenvalue weighted by Crippen LogP contribution is 2.19. The SMILES string of the molecule is COc1ccc(/C=C/C(=O)OCC(=O)c2ccc(OC)c(F)c2)cc1F. The first-order valence-electron chi connectivity index (χ1n) is 7.49. The minimum atomic E-state index is -0.788. The van der Waals surface area contributed by atoms with Gasteiger partial charge in [0, 0.05) is 11.6 Å². The van der Waals surface area contributed by atoms with Gasteiger partial charge < -0.3 is 14.2 Å². The molecular weight excluding hydrogens is 346 g/mol. The second kappa shape index (κ2) is 8.75. The fourth-order valence-electron chi connectivity index (χ4n) is 2.06. The van der Waals surface area contributed by atoms with Crippen LogP contribution in [0, 0.1) is 11.6 Å². The molecule has 5 nitrogen and oxygen atoms in total. The number of Topliss-reactive ketones (excluding diaryl/α,β-unsaturated/α-hetero) is 1. The quantitative estimate of drug-likeness (QED) is 0.429. The summed E-state index contributed by atoms with van der Waals surface area (Å²) in [5.41, 5.74) is 0.473. The van der Waals surface area contributed by atoms with E-state index in [1.54, 1.807) is 6.07 Å². The summed E-state index contributed by atoms with van der Waals surface area (Å²) in [7, 11) is 2.65. The Morgan fingerprint density at radius 2 is 1.58 bits per heavy atom. The van der Waals surface area contributed by atoms with Crippen molar-refractivity contribution in [3.8, 4) is 11.5 Å². The van der Waals surface area contributed by atoms with E-state index in [4.69, 9.17) is 14.2 Å². The molecule has 0 aliphatic carbocycles. The van der Waals surface area contributed by atoms with Gasteiger partial charge in [-0.15, -0.1) is 0 Å². The van der Waals surface area contributed by atoms with E-state index in [2.05, 4.69) is 0 Å². The molecule has 0 unspecified atom stereocenters. The van der Waals surface area contributed by atoms with Crippen molar-refractivity contribution in [1.82, 2.24) is 0 Å². The van der Waals surface area contributed by atoms with E-state index >= 15 is 0 Å². The number of rotatable bonds is 7. The van der Waals surface area contributed by atoms with E-state index in [0.29, 0.717) is 5.56 Å². The van der Waals surface area contributed by atoms with Crippen LogP contribution < -0.4 is 9.47 Å². The average Bonchev–Trinajstić information content (AvgIpc) is 2.64. The van der Waals surface area contributed by atoms with E-state index in [0.717, 1.165) is 12.1 Å². The van der Waals surface area contributed by atoms with Gasteiger partial charge in [-0.1, -0.05) is 6.07 Å². The van der Waals surface area contributed by atoms with Gasteiger partial charge in [0.15, 0.2) is 35.5 Å². The molecule has 0 aliphatic heterocycles. The van der Waals surface area contributed by atoms with Crippen molar-refractivity contribution >= 4 is 17.8 Å². The van der Waals surface area contributed by atoms with E-state index in [9.17, 15) is 18.4 Å². The van der Waals surface area contributed by atoms with Crippen molar-refractivity contribution < 1.29 is 32.6 Å². The van der Waals surface area contributed by atoms with Gasteiger partial charge in [0.05, 0.1) is 14.2 Å². The molecule has 7 heteroatoms. The van der Waals surface area contributed by atoms with Gasteiger partial charge in [-0.2, -0.15) is 0 Å². The zero-order valence-corrected chi connectivity index (χ0v) is 14.1. The molecule has 26 heavy (non-hydrogen) atoms. The summed E-state index contributed by atoms with van der Waals surface area (Å²) in [6.45, 7) is -0.550. The molecular formula is C19H16F2O5. The van der Waals surface area contributed by atoms with Crippen LogP contribution in [0.3, 0.4) is 0 Å². The molecule has 0 saturated heterocycles. The Balaban J connectivity index is 1.92. The molecule has 0 aromatic heterocycles. The second-order valence-electron chi connectivity index (χ2n) is 5.11. The Hall–Kier alpha value is -3.22. The summed E-state index contributed by atoms with van der Waals surface area (Å²) in [5, 5.41) is 0. The summed E-state index contributed by atoms with van der Waals surface area (Å²) in [6.07, 6.45) is 2.39. The highest BCUT2D eigenvalue weighted by atomic mass is 19.1. The van der Waals surface area contributed by atoms with Gasteiger partial charge >= 0.3 is 5.97 Å². The fourth-order valence-corrected chi connectivity index (χ4v) is 2.06. The number of carbonyl (C=O) groups is 2. The third-order valence-electron chi connectivity index (χ3n) is 3.41. The lowest BCUT2D eigenvalue weighted by molar-refractivity contribution is -0.136. The van der Waals surface area contributed by atoms with Crippen LogP contribution in [0.15, 0.2) is 42.5 Å². The fraction of sp³-hybridized carbons (Fsp3) is 0.158. The minimum Gasteiger partial charge on any atom is -0.494 e. The number of ether oxygens (including phenoxy) is 3. The van der Waals surface area contributed by atoms with Crippen LogP contribution in [0.2, 0.25) is 0 Å². The number of hydrogen-bond acceptors (Lipinski definition) is 5. The van der Waals surface area contributed by atoms with Gasteiger partial charge in [-0.05, 0) is 42.0 Å². The van der Waals surface area contributed by atoms with Crippen LogP contribution in [0.1, 0.15) is 15.9 Å². The first-order valence-corrected chi connectivity index (χ1v) is 7.49. The number of esters is 1. The zero-order chi connectivity index (χ0) is 19.1. The Labute approximate surface area is 148 Å². The van der Waals surface area contributed by atoms with Crippen molar-refractivity contribution in [2.24, 2.45) is 0 Å². The number of hydrogen-bond donors (Lipinski definition) is 0. The maximum absolute atomic E-state index is 13.6. The summed E-state index contributed by atoms with van der Waals surface area (Å²) in [5.74, 6) is -2.52. The molecule has 0 bridgehead atoms. The third-order valence-corrected chi connectivity index (χ3v) is 3.41. The van der Waals surface area contributed by atoms with Crippen LogP contribution in [0.4, 0.5) is 8.78 Å². The molecule has 2 aromatic carbocycles. The largest absolute Gasteiger partial charge is 0.494 e. The Morgan fingerprint density at radius 1 is 0.962 bits per heavy atom. The van der Waals surface area contributed by atoms with Crippen LogP contribution in [-0.2, 0) is 9.53 Å². The van der Waals surface area contributed by atoms with Gasteiger partial charge in [-0.3, -0.25) is 4.79 Å². The summed E-state index contributed by atoms with van der Waals surface area (Å²) in [6, 6.07) is 7.84. The molecule has 136 valence electrons. The van der Waals surface area contributed by atoms with Crippen LogP contribution >= 0.6 is 0 Å². The topological polar surface area (TPSA) is 61.8 Å². The maximum Gasteiger partial charge on any atom is 0.331 e. The molecule has 2 rings (SSSR count). The van der Waals surface area contributed by atoms with Gasteiger partial charge in [0.1, 0.15) is 0 Å². The normalized spacial score (nSPS) is 10.6. The van der Waals surface area contributed by atoms with Crippen molar-refractivity contribution in [3.05, 3.63) is 65.2 Å². The standard InChI is InChI=1S/C19H16F2O5/c1-24-17-6-3-12(9-14(17)20)4-8-19(23)26-11-16(22)13-5-7-18(25-2)15(21)10-13/h3-10H,11H2,1-2H3/b8-4+. The first-order chi connectivity index (χ1) is 12.4. The van der Waals surface area contributed by atoms with E-state index in [1.807, 2.05) is 0 Å². The number of ketones is 1. The molecule has 0 N–H and O–H groups in total. The molecule has 0 spiro atoms. The van der Waals surface area contributed by atoms with E-state index in [1.165, 1.54) is 44.6 Å². The predicted octanol–water partition coefficient (Wildman–Crippen LogP) is 3.42. The lowest BCUT2D eigenvalue weighted by Crippen LogP contribution is -2.12. The van der Waals surface area contributed by atoms with Crippen LogP contribution in [0.5, 0.6) is 11.5 Å². The molecule has 0 saturated carbocycles. The summed E-state index contributed by atoms with van der Waals surface area (Å²) >= 11 is 0. The van der Waals surface area contributed by atoms with Crippen molar-refractivity contribution in [1.29, 1.82) is 0 Å². The third kappa shape index (κ3) is 4.89. The first kappa shape index (κ1) is 19.1. The molecule has 2 aromatic rings. The maximum atomic E-state index is 13.6. The summed E-state index contributed by atoms with van der Waals surface area (Å²) in [4.78, 5) is 23.6. The van der Waals surface area contributed by atoms with Gasteiger partial charge in [0.2, 0.25) is 0 Å². The second-order valence-corrected chi connectivity index (χ2v) is 5.11. The monoisotopic (exact) mass is 362 g/mol. The highest BCUT2D eigenvalue weighted by molar-refractivity contribution is 5.99. The Bertz CT molecular complexity index is 846. The average molecular weight is 362 g/mol. The van der Waals surface area contributed by atoms with Crippen molar-refractivity contribution in [2.75, 3.05) is 20.8 Å². The predicted molar refractivity (Wildman–Crippen MR) is 90.2 cm³/mol. The summed E-state index contributed by atoms with van der Waals surface area (Å²) < 4.78 is 41.5. The van der Waals surface area contributed by atoms with Gasteiger partial charge in [-0.25, -0.2) is 13.6 Å². The minimum absolute atomic E-state index is 0.00759. The zero-order valence-electron chi connectivity index (χ0n) is 14.1. The Kier molecular flexibility index (Phi) is 6.43. The van der Waals surface area contributed by atoms with E-state index < -0.39 is 30.0 Å². The molecule has 0 fully saturated rings. The smallest absolute Gasteiger partial charge is 0.331 e. The molecule has 0 radical (unpaired) electrons. The highest BCUT2D eigenvalue weighted by Gasteiger charge is 2.12. The van der Waals surface area contributed by atoms with Crippen molar-refractivity contribution in [3.63, 3.8) is 0 Å². The van der Waals surface area contributed by atoms with Crippen molar-refractivity contribution in [2.45, 2.75) is 0 Å². The van der Waals surface area contributed by atoms with E-state index in [-0.39, 0.29) is 17.1 Å². The molecule has 0 atom stereocenters. The Morgan fingerprint density at radius 3 is 2.15 bits per heavy atom. The molecule has 0 heterocycles. The molecule has 0 aliphatic rings. The van der Waals surface area contributed by atoms with Gasteiger partial charge in [0.25, 0.3) is 0 Å². The lowest BCUT2D eigenvalue weighted by Gasteiger charge is -2.05. The van der Waals surface area contributed by atoms with Crippen LogP contribution in [0.25, 0.3) is 6.08 Å².